The van der Waals surface area contributed by atoms with Gasteiger partial charge in [-0.05, 0) is 57.9 Å². The number of benzene rings is 5. The lowest BCUT2D eigenvalue weighted by Crippen LogP contribution is -2.00. The number of hydrogen-bond donors (Lipinski definition) is 0. The smallest absolute Gasteiger partial charge is 0.164 e. The highest BCUT2D eigenvalue weighted by Crippen LogP contribution is 2.31. The van der Waals surface area contributed by atoms with E-state index in [1.165, 1.54) is 5.39 Å². The van der Waals surface area contributed by atoms with Crippen LogP contribution in [0.4, 0.5) is 0 Å². The standard InChI is InChI=1S/C39H25N5/c1-3-8-26(9-4-1)37-42-38(27-10-5-2-6-11-27)44-39(43-37)31-16-14-29-20-34-22-30(15-13-28(34)21-35(29)23-31)36-18-17-33(25-41-36)32-12-7-19-40-24-32/h1-25H. The monoisotopic (exact) mass is 563 g/mol. The summed E-state index contributed by atoms with van der Waals surface area (Å²) in [5, 5.41) is 4.61. The van der Waals surface area contributed by atoms with E-state index in [-0.39, 0.29) is 0 Å². The summed E-state index contributed by atoms with van der Waals surface area (Å²) in [5.74, 6) is 1.96. The van der Waals surface area contributed by atoms with Gasteiger partial charge in [-0.1, -0.05) is 97.1 Å². The number of hydrogen-bond acceptors (Lipinski definition) is 5. The normalized spacial score (nSPS) is 11.2. The van der Waals surface area contributed by atoms with Crippen LogP contribution in [0.2, 0.25) is 0 Å². The third-order valence-electron chi connectivity index (χ3n) is 7.81. The Labute approximate surface area is 254 Å². The number of nitrogens with zero attached hydrogens (tertiary/aromatic N) is 5. The zero-order chi connectivity index (χ0) is 29.3. The molecular weight excluding hydrogens is 538 g/mol. The minimum atomic E-state index is 0.649. The summed E-state index contributed by atoms with van der Waals surface area (Å²) in [6.07, 6.45) is 5.54. The fourth-order valence-corrected chi connectivity index (χ4v) is 5.50. The Morgan fingerprint density at radius 3 is 1.43 bits per heavy atom. The average molecular weight is 564 g/mol. The fourth-order valence-electron chi connectivity index (χ4n) is 5.50. The van der Waals surface area contributed by atoms with Gasteiger partial charge in [0.25, 0.3) is 0 Å². The van der Waals surface area contributed by atoms with Crippen molar-refractivity contribution in [2.24, 2.45) is 0 Å². The van der Waals surface area contributed by atoms with Crippen molar-refractivity contribution in [3.63, 3.8) is 0 Å². The summed E-state index contributed by atoms with van der Waals surface area (Å²) < 4.78 is 0. The average Bonchev–Trinajstić information content (AvgIpc) is 3.11. The second kappa shape index (κ2) is 11.0. The number of fused-ring (bicyclic) bond motifs is 2. The molecule has 5 heteroatoms. The summed E-state index contributed by atoms with van der Waals surface area (Å²) in [7, 11) is 0. The van der Waals surface area contributed by atoms with Crippen molar-refractivity contribution in [1.82, 2.24) is 24.9 Å². The third-order valence-corrected chi connectivity index (χ3v) is 7.81. The van der Waals surface area contributed by atoms with Crippen LogP contribution < -0.4 is 0 Å². The van der Waals surface area contributed by atoms with Crippen LogP contribution in [-0.2, 0) is 0 Å². The number of pyridine rings is 2. The van der Waals surface area contributed by atoms with Crippen LogP contribution >= 0.6 is 0 Å². The van der Waals surface area contributed by atoms with Crippen LogP contribution in [0.1, 0.15) is 0 Å². The largest absolute Gasteiger partial charge is 0.264 e. The molecule has 0 spiro atoms. The molecule has 8 aromatic rings. The highest BCUT2D eigenvalue weighted by molar-refractivity contribution is 6.00. The van der Waals surface area contributed by atoms with Gasteiger partial charge >= 0.3 is 0 Å². The van der Waals surface area contributed by atoms with Gasteiger partial charge < -0.3 is 0 Å². The highest BCUT2D eigenvalue weighted by Gasteiger charge is 2.13. The van der Waals surface area contributed by atoms with Gasteiger partial charge in [0, 0.05) is 52.0 Å². The maximum absolute atomic E-state index is 4.91. The predicted octanol–water partition coefficient (Wildman–Crippen LogP) is 9.30. The second-order valence-corrected chi connectivity index (χ2v) is 10.7. The van der Waals surface area contributed by atoms with E-state index in [1.54, 1.807) is 6.20 Å². The molecule has 0 fully saturated rings. The zero-order valence-corrected chi connectivity index (χ0v) is 23.7. The molecule has 5 aromatic carbocycles. The van der Waals surface area contributed by atoms with E-state index >= 15 is 0 Å². The zero-order valence-electron chi connectivity index (χ0n) is 23.7. The molecule has 0 bridgehead atoms. The molecule has 3 heterocycles. The molecule has 3 aromatic heterocycles. The number of rotatable bonds is 5. The lowest BCUT2D eigenvalue weighted by molar-refractivity contribution is 1.07. The molecular formula is C39H25N5. The molecule has 0 saturated heterocycles. The predicted molar refractivity (Wildman–Crippen MR) is 178 cm³/mol. The first kappa shape index (κ1) is 25.6. The Hall–Kier alpha value is -6.07. The summed E-state index contributed by atoms with van der Waals surface area (Å²) in [6, 6.07) is 45.6. The van der Waals surface area contributed by atoms with E-state index in [1.807, 2.05) is 85.2 Å². The van der Waals surface area contributed by atoms with Crippen LogP contribution in [0, 0.1) is 0 Å². The molecule has 0 unspecified atom stereocenters. The third kappa shape index (κ3) is 4.97. The van der Waals surface area contributed by atoms with Crippen molar-refractivity contribution in [2.45, 2.75) is 0 Å². The molecule has 0 saturated carbocycles. The number of aromatic nitrogens is 5. The van der Waals surface area contributed by atoms with Crippen molar-refractivity contribution in [3.8, 4) is 56.5 Å². The van der Waals surface area contributed by atoms with Crippen molar-refractivity contribution < 1.29 is 0 Å². The topological polar surface area (TPSA) is 64.5 Å². The van der Waals surface area contributed by atoms with Crippen LogP contribution in [0.25, 0.3) is 78.1 Å². The molecule has 0 atom stereocenters. The molecule has 0 aliphatic heterocycles. The quantitative estimate of drug-likeness (QED) is 0.195. The maximum atomic E-state index is 4.91. The van der Waals surface area contributed by atoms with Gasteiger partial charge in [-0.15, -0.1) is 0 Å². The van der Waals surface area contributed by atoms with Crippen LogP contribution in [0.15, 0.2) is 152 Å². The Morgan fingerprint density at radius 2 is 0.864 bits per heavy atom. The summed E-state index contributed by atoms with van der Waals surface area (Å²) >= 11 is 0. The summed E-state index contributed by atoms with van der Waals surface area (Å²) in [5.41, 5.74) is 6.99. The Bertz CT molecular complexity index is 2190. The maximum Gasteiger partial charge on any atom is 0.164 e. The van der Waals surface area contributed by atoms with Gasteiger partial charge in [-0.25, -0.2) is 15.0 Å². The Morgan fingerprint density at radius 1 is 0.341 bits per heavy atom. The van der Waals surface area contributed by atoms with Gasteiger partial charge in [0.1, 0.15) is 0 Å². The van der Waals surface area contributed by atoms with E-state index < -0.39 is 0 Å². The molecule has 8 rings (SSSR count). The Balaban J connectivity index is 1.17. The van der Waals surface area contributed by atoms with Gasteiger partial charge in [-0.2, -0.15) is 0 Å². The molecule has 0 aliphatic carbocycles. The van der Waals surface area contributed by atoms with E-state index in [0.29, 0.717) is 17.5 Å². The molecule has 44 heavy (non-hydrogen) atoms. The first-order chi connectivity index (χ1) is 21.8. The van der Waals surface area contributed by atoms with E-state index in [9.17, 15) is 0 Å². The summed E-state index contributed by atoms with van der Waals surface area (Å²) in [4.78, 5) is 23.6. The molecule has 5 nitrogen and oxygen atoms in total. The van der Waals surface area contributed by atoms with Crippen LogP contribution in [0.5, 0.6) is 0 Å². The van der Waals surface area contributed by atoms with E-state index in [0.717, 1.165) is 55.2 Å². The molecule has 0 amide bonds. The van der Waals surface area contributed by atoms with Gasteiger partial charge in [0.15, 0.2) is 17.5 Å². The molecule has 0 radical (unpaired) electrons. The SMILES string of the molecule is c1ccc(-c2nc(-c3ccccc3)nc(-c3ccc4cc5cc(-c6ccc(-c7cccnc7)cn6)ccc5cc4c3)n2)cc1. The molecule has 0 aliphatic rings. The van der Waals surface area contributed by atoms with Crippen LogP contribution in [0.3, 0.4) is 0 Å². The van der Waals surface area contributed by atoms with Crippen molar-refractivity contribution in [3.05, 3.63) is 152 Å². The highest BCUT2D eigenvalue weighted by atomic mass is 15.0. The van der Waals surface area contributed by atoms with Gasteiger partial charge in [0.05, 0.1) is 5.69 Å². The van der Waals surface area contributed by atoms with E-state index in [2.05, 4.69) is 65.6 Å². The Kier molecular flexibility index (Phi) is 6.39. The summed E-state index contributed by atoms with van der Waals surface area (Å²) in [6.45, 7) is 0. The molecule has 0 N–H and O–H groups in total. The minimum Gasteiger partial charge on any atom is -0.264 e. The fraction of sp³-hybridized carbons (Fsp3) is 0. The van der Waals surface area contributed by atoms with Gasteiger partial charge in [-0.3, -0.25) is 9.97 Å². The van der Waals surface area contributed by atoms with Crippen molar-refractivity contribution in [2.75, 3.05) is 0 Å². The second-order valence-electron chi connectivity index (χ2n) is 10.7. The van der Waals surface area contributed by atoms with E-state index in [4.69, 9.17) is 19.9 Å². The lowest BCUT2D eigenvalue weighted by Gasteiger charge is -2.10. The lowest BCUT2D eigenvalue weighted by atomic mass is 9.98. The first-order valence-electron chi connectivity index (χ1n) is 14.5. The van der Waals surface area contributed by atoms with Crippen molar-refractivity contribution in [1.29, 1.82) is 0 Å². The molecule has 206 valence electrons. The van der Waals surface area contributed by atoms with Crippen LogP contribution in [-0.4, -0.2) is 24.9 Å². The van der Waals surface area contributed by atoms with Crippen molar-refractivity contribution >= 4 is 21.5 Å². The minimum absolute atomic E-state index is 0.649. The van der Waals surface area contributed by atoms with Gasteiger partial charge in [0.2, 0.25) is 0 Å². The first-order valence-corrected chi connectivity index (χ1v) is 14.5.